The molecule has 8 nitrogen and oxygen atoms in total. The van der Waals surface area contributed by atoms with Gasteiger partial charge in [-0.2, -0.15) is 0 Å². The van der Waals surface area contributed by atoms with Crippen LogP contribution in [0.15, 0.2) is 18.2 Å². The van der Waals surface area contributed by atoms with Gasteiger partial charge >= 0.3 is 0 Å². The van der Waals surface area contributed by atoms with Gasteiger partial charge in [0.05, 0.1) is 22.8 Å². The van der Waals surface area contributed by atoms with Crippen LogP contribution >= 0.6 is 0 Å². The maximum atomic E-state index is 10.8. The Balaban J connectivity index is 2.88. The Bertz CT molecular complexity index is 586. The summed E-state index contributed by atoms with van der Waals surface area (Å²) in [6, 6.07) is 4.18. The van der Waals surface area contributed by atoms with Gasteiger partial charge in [-0.15, -0.1) is 0 Å². The molecule has 0 atom stereocenters. The van der Waals surface area contributed by atoms with Crippen molar-refractivity contribution in [1.82, 2.24) is 0 Å². The van der Waals surface area contributed by atoms with Gasteiger partial charge in [0.15, 0.2) is 0 Å². The molecule has 0 amide bonds. The Morgan fingerprint density at radius 3 is 2.55 bits per heavy atom. The van der Waals surface area contributed by atoms with Gasteiger partial charge in [0, 0.05) is 24.4 Å². The molecule has 9 heteroatoms. The Hall–Kier alpha value is -1.87. The second-order valence-electron chi connectivity index (χ2n) is 4.43. The van der Waals surface area contributed by atoms with E-state index >= 15 is 0 Å². The molecule has 0 saturated heterocycles. The van der Waals surface area contributed by atoms with E-state index in [2.05, 4.69) is 5.32 Å². The lowest BCUT2D eigenvalue weighted by Gasteiger charge is -2.12. The molecule has 1 aromatic carbocycles. The summed E-state index contributed by atoms with van der Waals surface area (Å²) in [6.45, 7) is 3.65. The Morgan fingerprint density at radius 1 is 1.40 bits per heavy atom. The van der Waals surface area contributed by atoms with Gasteiger partial charge in [-0.1, -0.05) is 0 Å². The zero-order chi connectivity index (χ0) is 15.3. The number of rotatable bonds is 7. The standard InChI is InChI=1S/C11H17N3O5S/c1-8(2)19-11-6-9(5-10(7-11)14(15)16)13-3-4-20(12,17)18/h5-8,13H,3-4H2,1-2H3,(H2,12,17,18). The first kappa shape index (κ1) is 16.2. The van der Waals surface area contributed by atoms with Gasteiger partial charge in [-0.25, -0.2) is 13.6 Å². The van der Waals surface area contributed by atoms with Gasteiger partial charge in [0.1, 0.15) is 5.75 Å². The number of anilines is 1. The SMILES string of the molecule is CC(C)Oc1cc(NCCS(N)(=O)=O)cc([N+](=O)[O-])c1. The number of nitro benzene ring substituents is 1. The third kappa shape index (κ3) is 5.85. The summed E-state index contributed by atoms with van der Waals surface area (Å²) in [6.07, 6.45) is -0.130. The number of non-ortho nitro benzene ring substituents is 1. The number of benzene rings is 1. The first-order valence-electron chi connectivity index (χ1n) is 5.88. The molecule has 0 radical (unpaired) electrons. The maximum Gasteiger partial charge on any atom is 0.275 e. The number of nitrogens with two attached hydrogens (primary N) is 1. The number of hydrogen-bond donors (Lipinski definition) is 2. The molecule has 0 unspecified atom stereocenters. The van der Waals surface area contributed by atoms with Gasteiger partial charge in [-0.05, 0) is 13.8 Å². The lowest BCUT2D eigenvalue weighted by molar-refractivity contribution is -0.384. The predicted octanol–water partition coefficient (Wildman–Crippen LogP) is 1.08. The van der Waals surface area contributed by atoms with Crippen molar-refractivity contribution in [2.45, 2.75) is 20.0 Å². The first-order chi connectivity index (χ1) is 9.17. The van der Waals surface area contributed by atoms with E-state index < -0.39 is 14.9 Å². The van der Waals surface area contributed by atoms with Gasteiger partial charge in [0.2, 0.25) is 10.0 Å². The maximum absolute atomic E-state index is 10.8. The Labute approximate surface area is 117 Å². The van der Waals surface area contributed by atoms with Crippen LogP contribution < -0.4 is 15.2 Å². The van der Waals surface area contributed by atoms with Crippen LogP contribution in [0, 0.1) is 10.1 Å². The minimum atomic E-state index is -3.58. The van der Waals surface area contributed by atoms with Crippen molar-refractivity contribution in [2.24, 2.45) is 5.14 Å². The van der Waals surface area contributed by atoms with Crippen LogP contribution in [0.25, 0.3) is 0 Å². The summed E-state index contributed by atoms with van der Waals surface area (Å²) in [5.41, 5.74) is 0.264. The number of primary sulfonamides is 1. The lowest BCUT2D eigenvalue weighted by Crippen LogP contribution is -2.22. The summed E-state index contributed by atoms with van der Waals surface area (Å²) in [5, 5.41) is 18.5. The van der Waals surface area contributed by atoms with Crippen LogP contribution in [0.5, 0.6) is 5.75 Å². The molecule has 0 aliphatic heterocycles. The molecular formula is C11H17N3O5S. The summed E-state index contributed by atoms with van der Waals surface area (Å²) in [7, 11) is -3.58. The highest BCUT2D eigenvalue weighted by Gasteiger charge is 2.12. The number of ether oxygens (including phenoxy) is 1. The molecule has 1 aromatic rings. The minimum absolute atomic E-state index is 0.0567. The molecule has 0 saturated carbocycles. The van der Waals surface area contributed by atoms with Crippen LogP contribution in [-0.2, 0) is 10.0 Å². The molecule has 0 aliphatic rings. The number of sulfonamides is 1. The number of hydrogen-bond acceptors (Lipinski definition) is 6. The van der Waals surface area contributed by atoms with E-state index in [4.69, 9.17) is 9.88 Å². The van der Waals surface area contributed by atoms with Crippen molar-refractivity contribution in [1.29, 1.82) is 0 Å². The molecule has 0 bridgehead atoms. The highest BCUT2D eigenvalue weighted by molar-refractivity contribution is 7.89. The number of nitrogens with zero attached hydrogens (tertiary/aromatic N) is 1. The normalized spacial score (nSPS) is 11.4. The van der Waals surface area contributed by atoms with Crippen LogP contribution in [0.1, 0.15) is 13.8 Å². The zero-order valence-corrected chi connectivity index (χ0v) is 12.0. The van der Waals surface area contributed by atoms with Crippen LogP contribution in [0.4, 0.5) is 11.4 Å². The van der Waals surface area contributed by atoms with Gasteiger partial charge < -0.3 is 10.1 Å². The Morgan fingerprint density at radius 2 is 2.05 bits per heavy atom. The fourth-order valence-corrected chi connectivity index (χ4v) is 1.86. The van der Waals surface area contributed by atoms with E-state index in [0.717, 1.165) is 0 Å². The van der Waals surface area contributed by atoms with E-state index in [9.17, 15) is 18.5 Å². The monoisotopic (exact) mass is 303 g/mol. The highest BCUT2D eigenvalue weighted by atomic mass is 32.2. The molecule has 0 aliphatic carbocycles. The smallest absolute Gasteiger partial charge is 0.275 e. The first-order valence-corrected chi connectivity index (χ1v) is 7.59. The van der Waals surface area contributed by atoms with E-state index in [1.165, 1.54) is 12.1 Å². The molecule has 20 heavy (non-hydrogen) atoms. The largest absolute Gasteiger partial charge is 0.491 e. The molecule has 3 N–H and O–H groups in total. The minimum Gasteiger partial charge on any atom is -0.491 e. The van der Waals surface area contributed by atoms with Crippen molar-refractivity contribution >= 4 is 21.4 Å². The fourth-order valence-electron chi connectivity index (χ4n) is 1.47. The van der Waals surface area contributed by atoms with E-state index in [0.29, 0.717) is 11.4 Å². The highest BCUT2D eigenvalue weighted by Crippen LogP contribution is 2.26. The fraction of sp³-hybridized carbons (Fsp3) is 0.455. The van der Waals surface area contributed by atoms with E-state index in [1.807, 2.05) is 0 Å². The second-order valence-corrected chi connectivity index (χ2v) is 6.17. The molecule has 0 spiro atoms. The third-order valence-corrected chi connectivity index (χ3v) is 2.96. The van der Waals surface area contributed by atoms with E-state index in [1.54, 1.807) is 19.9 Å². The van der Waals surface area contributed by atoms with Crippen molar-refractivity contribution in [3.8, 4) is 5.75 Å². The van der Waals surface area contributed by atoms with Crippen molar-refractivity contribution in [3.63, 3.8) is 0 Å². The number of nitrogens with one attached hydrogen (secondary N) is 1. The lowest BCUT2D eigenvalue weighted by atomic mass is 10.2. The topological polar surface area (TPSA) is 125 Å². The zero-order valence-electron chi connectivity index (χ0n) is 11.2. The van der Waals surface area contributed by atoms with Crippen molar-refractivity contribution < 1.29 is 18.1 Å². The van der Waals surface area contributed by atoms with Crippen LogP contribution in [0.2, 0.25) is 0 Å². The molecule has 0 fully saturated rings. The molecule has 112 valence electrons. The average Bonchev–Trinajstić information content (AvgIpc) is 2.25. The molecule has 1 rings (SSSR count). The summed E-state index contributed by atoms with van der Waals surface area (Å²) < 4.78 is 27.0. The summed E-state index contributed by atoms with van der Waals surface area (Å²) in [4.78, 5) is 10.3. The molecule has 0 aromatic heterocycles. The average molecular weight is 303 g/mol. The second kappa shape index (κ2) is 6.53. The van der Waals surface area contributed by atoms with Crippen LogP contribution in [-0.4, -0.2) is 31.7 Å². The van der Waals surface area contributed by atoms with Crippen LogP contribution in [0.3, 0.4) is 0 Å². The molecular weight excluding hydrogens is 286 g/mol. The van der Waals surface area contributed by atoms with Crippen molar-refractivity contribution in [3.05, 3.63) is 28.3 Å². The Kier molecular flexibility index (Phi) is 5.28. The van der Waals surface area contributed by atoms with Crippen molar-refractivity contribution in [2.75, 3.05) is 17.6 Å². The summed E-state index contributed by atoms with van der Waals surface area (Å²) in [5.74, 6) is 0.0723. The third-order valence-electron chi connectivity index (χ3n) is 2.19. The predicted molar refractivity (Wildman–Crippen MR) is 75.3 cm³/mol. The molecule has 0 heterocycles. The van der Waals surface area contributed by atoms with Gasteiger partial charge in [-0.3, -0.25) is 10.1 Å². The number of nitro groups is 1. The van der Waals surface area contributed by atoms with E-state index in [-0.39, 0.29) is 24.1 Å². The van der Waals surface area contributed by atoms with Gasteiger partial charge in [0.25, 0.3) is 5.69 Å². The summed E-state index contributed by atoms with van der Waals surface area (Å²) >= 11 is 0. The quantitative estimate of drug-likeness (QED) is 0.573.